The van der Waals surface area contributed by atoms with Gasteiger partial charge in [0.05, 0.1) is 0 Å². The molecule has 49 heavy (non-hydrogen) atoms. The van der Waals surface area contributed by atoms with Gasteiger partial charge >= 0.3 is 0 Å². The zero-order valence-electron chi connectivity index (χ0n) is 26.6. The summed E-state index contributed by atoms with van der Waals surface area (Å²) < 4.78 is 6.32. The van der Waals surface area contributed by atoms with Gasteiger partial charge in [0, 0.05) is 10.8 Å². The van der Waals surface area contributed by atoms with Gasteiger partial charge in [0.2, 0.25) is 0 Å². The Labute approximate surface area is 282 Å². The van der Waals surface area contributed by atoms with Gasteiger partial charge in [-0.25, -0.2) is 0 Å². The Balaban J connectivity index is 1.24. The third kappa shape index (κ3) is 3.70. The Bertz CT molecular complexity index is 3040. The SMILES string of the molecule is c1ccc2c(-c3c4ccccc4c(-c4ccc(-c5cc6cccc7oc8cccc5c8c67)c5ccccc45)c4ccccc34)cccc2c1. The fourth-order valence-electron chi connectivity index (χ4n) is 8.60. The fourth-order valence-corrected chi connectivity index (χ4v) is 8.60. The molecule has 0 N–H and O–H groups in total. The topological polar surface area (TPSA) is 13.1 Å². The molecule has 0 fully saturated rings. The summed E-state index contributed by atoms with van der Waals surface area (Å²) in [7, 11) is 0. The van der Waals surface area contributed by atoms with Crippen LogP contribution in [0.3, 0.4) is 0 Å². The molecule has 0 aliphatic heterocycles. The first kappa shape index (κ1) is 26.6. The van der Waals surface area contributed by atoms with Gasteiger partial charge in [-0.05, 0) is 105 Å². The summed E-state index contributed by atoms with van der Waals surface area (Å²) >= 11 is 0. The van der Waals surface area contributed by atoms with Crippen LogP contribution in [0.2, 0.25) is 0 Å². The van der Waals surface area contributed by atoms with E-state index in [1.54, 1.807) is 0 Å². The molecular formula is C48H28O. The Morgan fingerprint density at radius 1 is 0.265 bits per heavy atom. The maximum absolute atomic E-state index is 6.32. The Kier molecular flexibility index (Phi) is 5.45. The summed E-state index contributed by atoms with van der Waals surface area (Å²) in [6.45, 7) is 0. The summed E-state index contributed by atoms with van der Waals surface area (Å²) in [6.07, 6.45) is 0. The third-order valence-electron chi connectivity index (χ3n) is 10.6. The average Bonchev–Trinajstić information content (AvgIpc) is 3.56. The van der Waals surface area contributed by atoms with Crippen LogP contribution in [0.25, 0.3) is 109 Å². The molecule has 1 nitrogen and oxygen atoms in total. The highest BCUT2D eigenvalue weighted by molar-refractivity contribution is 6.28. The summed E-state index contributed by atoms with van der Waals surface area (Å²) in [6, 6.07) is 62.2. The van der Waals surface area contributed by atoms with Gasteiger partial charge in [0.25, 0.3) is 0 Å². The van der Waals surface area contributed by atoms with Gasteiger partial charge in [-0.1, -0.05) is 152 Å². The summed E-state index contributed by atoms with van der Waals surface area (Å²) in [5, 5.41) is 14.9. The second-order valence-corrected chi connectivity index (χ2v) is 13.1. The molecule has 0 atom stereocenters. The van der Waals surface area contributed by atoms with E-state index in [2.05, 4.69) is 170 Å². The molecule has 0 bridgehead atoms. The first-order valence-electron chi connectivity index (χ1n) is 16.9. The van der Waals surface area contributed by atoms with Gasteiger partial charge in [0.15, 0.2) is 0 Å². The highest BCUT2D eigenvalue weighted by atomic mass is 16.3. The number of fused-ring (bicyclic) bond motifs is 4. The normalized spacial score (nSPS) is 12.1. The first-order chi connectivity index (χ1) is 24.3. The van der Waals surface area contributed by atoms with Crippen LogP contribution in [0.4, 0.5) is 0 Å². The van der Waals surface area contributed by atoms with E-state index in [-0.39, 0.29) is 0 Å². The van der Waals surface area contributed by atoms with E-state index in [1.165, 1.54) is 98.0 Å². The lowest BCUT2D eigenvalue weighted by atomic mass is 9.82. The van der Waals surface area contributed by atoms with Crippen molar-refractivity contribution < 1.29 is 4.42 Å². The summed E-state index contributed by atoms with van der Waals surface area (Å²) in [5.74, 6) is 0. The van der Waals surface area contributed by atoms with E-state index in [0.29, 0.717) is 0 Å². The summed E-state index contributed by atoms with van der Waals surface area (Å²) in [4.78, 5) is 0. The molecule has 0 radical (unpaired) electrons. The maximum Gasteiger partial charge on any atom is 0.136 e. The fraction of sp³-hybridized carbons (Fsp3) is 0. The molecule has 11 rings (SSSR count). The lowest BCUT2D eigenvalue weighted by molar-refractivity contribution is 0.669. The van der Waals surface area contributed by atoms with Crippen molar-refractivity contribution in [2.24, 2.45) is 0 Å². The van der Waals surface area contributed by atoms with E-state index >= 15 is 0 Å². The minimum atomic E-state index is 0.940. The van der Waals surface area contributed by atoms with Crippen LogP contribution in [0.15, 0.2) is 174 Å². The number of hydrogen-bond donors (Lipinski definition) is 0. The zero-order chi connectivity index (χ0) is 32.1. The quantitative estimate of drug-likeness (QED) is 0.141. The minimum Gasteiger partial charge on any atom is -0.456 e. The number of hydrogen-bond acceptors (Lipinski definition) is 1. The van der Waals surface area contributed by atoms with Crippen LogP contribution in [-0.4, -0.2) is 0 Å². The minimum absolute atomic E-state index is 0.940. The monoisotopic (exact) mass is 620 g/mol. The molecule has 0 saturated carbocycles. The predicted octanol–water partition coefficient (Wildman–Crippen LogP) is 13.8. The number of rotatable bonds is 3. The Hall–Kier alpha value is -6.44. The van der Waals surface area contributed by atoms with Crippen molar-refractivity contribution in [2.45, 2.75) is 0 Å². The Morgan fingerprint density at radius 2 is 0.714 bits per heavy atom. The van der Waals surface area contributed by atoms with Crippen molar-refractivity contribution in [3.05, 3.63) is 170 Å². The molecule has 11 aromatic rings. The van der Waals surface area contributed by atoms with Crippen LogP contribution < -0.4 is 0 Å². The van der Waals surface area contributed by atoms with Gasteiger partial charge in [0.1, 0.15) is 11.2 Å². The molecule has 226 valence electrons. The van der Waals surface area contributed by atoms with E-state index in [0.717, 1.165) is 11.2 Å². The van der Waals surface area contributed by atoms with Crippen molar-refractivity contribution in [3.63, 3.8) is 0 Å². The molecule has 0 unspecified atom stereocenters. The predicted molar refractivity (Wildman–Crippen MR) is 209 cm³/mol. The maximum atomic E-state index is 6.32. The number of benzene rings is 10. The third-order valence-corrected chi connectivity index (χ3v) is 10.6. The van der Waals surface area contributed by atoms with Crippen molar-refractivity contribution in [2.75, 3.05) is 0 Å². The summed E-state index contributed by atoms with van der Waals surface area (Å²) in [5.41, 5.74) is 9.43. The van der Waals surface area contributed by atoms with Gasteiger partial charge < -0.3 is 4.42 Å². The van der Waals surface area contributed by atoms with Crippen molar-refractivity contribution in [1.82, 2.24) is 0 Å². The van der Waals surface area contributed by atoms with Crippen LogP contribution in [0.5, 0.6) is 0 Å². The number of furan rings is 1. The second kappa shape index (κ2) is 10.0. The van der Waals surface area contributed by atoms with Crippen LogP contribution in [-0.2, 0) is 0 Å². The highest BCUT2D eigenvalue weighted by Crippen LogP contribution is 2.49. The molecule has 0 spiro atoms. The highest BCUT2D eigenvalue weighted by Gasteiger charge is 2.21. The van der Waals surface area contributed by atoms with Gasteiger partial charge in [-0.15, -0.1) is 0 Å². The molecule has 0 saturated heterocycles. The van der Waals surface area contributed by atoms with E-state index in [9.17, 15) is 0 Å². The van der Waals surface area contributed by atoms with Crippen LogP contribution in [0, 0.1) is 0 Å². The standard InChI is InChI=1S/C48H28O/c1-2-15-31-29(12-1)13-9-22-35(31)46-36-18-5-7-20-38(36)47(39-21-8-6-19-37(39)46)41-27-26-34(32-16-3-4-17-33(32)41)42-28-30-14-10-24-43-45(30)48-40(42)23-11-25-44(48)49-43/h1-28H. The van der Waals surface area contributed by atoms with Gasteiger partial charge in [-0.2, -0.15) is 0 Å². The van der Waals surface area contributed by atoms with Gasteiger partial charge in [-0.3, -0.25) is 0 Å². The second-order valence-electron chi connectivity index (χ2n) is 13.1. The zero-order valence-corrected chi connectivity index (χ0v) is 26.6. The Morgan fingerprint density at radius 3 is 1.41 bits per heavy atom. The molecule has 10 aromatic carbocycles. The van der Waals surface area contributed by atoms with Crippen molar-refractivity contribution in [1.29, 1.82) is 0 Å². The van der Waals surface area contributed by atoms with Crippen LogP contribution in [0.1, 0.15) is 0 Å². The molecule has 0 amide bonds. The molecule has 1 heterocycles. The van der Waals surface area contributed by atoms with Crippen molar-refractivity contribution >= 4 is 75.8 Å². The molecular weight excluding hydrogens is 593 g/mol. The molecule has 0 aliphatic carbocycles. The first-order valence-corrected chi connectivity index (χ1v) is 16.9. The molecule has 1 aromatic heterocycles. The average molecular weight is 621 g/mol. The van der Waals surface area contributed by atoms with Crippen LogP contribution >= 0.6 is 0 Å². The smallest absolute Gasteiger partial charge is 0.136 e. The lowest BCUT2D eigenvalue weighted by Gasteiger charge is -2.20. The largest absolute Gasteiger partial charge is 0.456 e. The van der Waals surface area contributed by atoms with E-state index in [1.807, 2.05) is 0 Å². The van der Waals surface area contributed by atoms with E-state index in [4.69, 9.17) is 4.42 Å². The molecule has 1 heteroatoms. The van der Waals surface area contributed by atoms with Crippen molar-refractivity contribution in [3.8, 4) is 33.4 Å². The molecule has 0 aliphatic rings. The van der Waals surface area contributed by atoms with E-state index < -0.39 is 0 Å². The lowest BCUT2D eigenvalue weighted by Crippen LogP contribution is -1.93.